The molecule has 1 atom stereocenters. The van der Waals surface area contributed by atoms with Gasteiger partial charge in [0, 0.05) is 12.6 Å². The number of ether oxygens (including phenoxy) is 2. The number of carboxylic acid groups (broad SMARTS) is 1. The summed E-state index contributed by atoms with van der Waals surface area (Å²) in [5.74, 6) is -0.924. The van der Waals surface area contributed by atoms with Crippen LogP contribution in [0.25, 0.3) is 0 Å². The van der Waals surface area contributed by atoms with Crippen LogP contribution in [0.15, 0.2) is 17.0 Å². The van der Waals surface area contributed by atoms with E-state index in [2.05, 4.69) is 4.72 Å². The molecule has 2 N–H and O–H groups in total. The lowest BCUT2D eigenvalue weighted by molar-refractivity contribution is -0.142. The first-order valence-electron chi connectivity index (χ1n) is 7.57. The lowest BCUT2D eigenvalue weighted by Gasteiger charge is -2.17. The van der Waals surface area contributed by atoms with E-state index in [1.807, 2.05) is 13.8 Å². The Kier molecular flexibility index (Phi) is 7.04. The van der Waals surface area contributed by atoms with Crippen molar-refractivity contribution < 1.29 is 27.8 Å². The highest BCUT2D eigenvalue weighted by Crippen LogP contribution is 2.32. The maximum absolute atomic E-state index is 12.5. The zero-order chi connectivity index (χ0) is 18.5. The third kappa shape index (κ3) is 5.10. The SMILES string of the molecule is COc1cc(C)c(S(=O)(=O)NCC(CC(C)C)C(=O)O)cc1OC. The summed E-state index contributed by atoms with van der Waals surface area (Å²) in [7, 11) is -0.980. The van der Waals surface area contributed by atoms with Crippen LogP contribution in [0.5, 0.6) is 11.5 Å². The first-order chi connectivity index (χ1) is 11.1. The van der Waals surface area contributed by atoms with Gasteiger partial charge in [0.2, 0.25) is 10.0 Å². The summed E-state index contributed by atoms with van der Waals surface area (Å²) in [4.78, 5) is 11.3. The van der Waals surface area contributed by atoms with Gasteiger partial charge in [0.15, 0.2) is 11.5 Å². The van der Waals surface area contributed by atoms with Gasteiger partial charge in [-0.2, -0.15) is 0 Å². The van der Waals surface area contributed by atoms with Crippen molar-refractivity contribution >= 4 is 16.0 Å². The molecule has 0 aromatic heterocycles. The normalized spacial score (nSPS) is 12.9. The van der Waals surface area contributed by atoms with Gasteiger partial charge < -0.3 is 14.6 Å². The van der Waals surface area contributed by atoms with Crippen LogP contribution >= 0.6 is 0 Å². The Labute approximate surface area is 143 Å². The number of nitrogens with one attached hydrogen (secondary N) is 1. The fraction of sp³-hybridized carbons (Fsp3) is 0.562. The zero-order valence-corrected chi connectivity index (χ0v) is 15.4. The molecule has 136 valence electrons. The van der Waals surface area contributed by atoms with E-state index in [9.17, 15) is 18.3 Å². The number of hydrogen-bond acceptors (Lipinski definition) is 5. The minimum atomic E-state index is -3.86. The molecule has 0 spiro atoms. The van der Waals surface area contributed by atoms with Crippen molar-refractivity contribution in [1.82, 2.24) is 4.72 Å². The molecular formula is C16H25NO6S. The molecule has 0 saturated heterocycles. The highest BCUT2D eigenvalue weighted by Gasteiger charge is 2.25. The Hall–Kier alpha value is -1.80. The lowest BCUT2D eigenvalue weighted by atomic mass is 9.98. The predicted octanol–water partition coefficient (Wildman–Crippen LogP) is 2.04. The lowest BCUT2D eigenvalue weighted by Crippen LogP contribution is -2.34. The molecule has 1 aromatic rings. The number of aryl methyl sites for hydroxylation is 1. The fourth-order valence-electron chi connectivity index (χ4n) is 2.38. The standard InChI is InChI=1S/C16H25NO6S/c1-10(2)6-12(16(18)19)9-17-24(20,21)15-8-14(23-5)13(22-4)7-11(15)3/h7-8,10,12,17H,6,9H2,1-5H3,(H,18,19). The summed E-state index contributed by atoms with van der Waals surface area (Å²) in [6.07, 6.45) is 0.392. The maximum atomic E-state index is 12.5. The van der Waals surface area contributed by atoms with E-state index in [4.69, 9.17) is 9.47 Å². The monoisotopic (exact) mass is 359 g/mol. The van der Waals surface area contributed by atoms with Gasteiger partial charge in [-0.05, 0) is 30.9 Å². The van der Waals surface area contributed by atoms with Gasteiger partial charge >= 0.3 is 5.97 Å². The number of methoxy groups -OCH3 is 2. The second-order valence-electron chi connectivity index (χ2n) is 5.99. The maximum Gasteiger partial charge on any atom is 0.307 e. The molecule has 0 aliphatic carbocycles. The topological polar surface area (TPSA) is 102 Å². The average molecular weight is 359 g/mol. The summed E-state index contributed by atoms with van der Waals surface area (Å²) in [5, 5.41) is 9.22. The first-order valence-corrected chi connectivity index (χ1v) is 9.05. The van der Waals surface area contributed by atoms with Crippen molar-refractivity contribution in [1.29, 1.82) is 0 Å². The van der Waals surface area contributed by atoms with Crippen LogP contribution in [0.4, 0.5) is 0 Å². The summed E-state index contributed by atoms with van der Waals surface area (Å²) in [5.41, 5.74) is 0.482. The summed E-state index contributed by atoms with van der Waals surface area (Å²) in [6.45, 7) is 5.26. The van der Waals surface area contributed by atoms with E-state index in [0.717, 1.165) is 0 Å². The molecule has 24 heavy (non-hydrogen) atoms. The summed E-state index contributed by atoms with van der Waals surface area (Å²) in [6, 6.07) is 2.94. The smallest absolute Gasteiger partial charge is 0.307 e. The molecule has 1 unspecified atom stereocenters. The second-order valence-corrected chi connectivity index (χ2v) is 7.72. The fourth-order valence-corrected chi connectivity index (χ4v) is 3.70. The quantitative estimate of drug-likeness (QED) is 0.699. The van der Waals surface area contributed by atoms with Crippen molar-refractivity contribution in [2.45, 2.75) is 32.1 Å². The highest BCUT2D eigenvalue weighted by atomic mass is 32.2. The molecule has 7 nitrogen and oxygen atoms in total. The van der Waals surface area contributed by atoms with E-state index >= 15 is 0 Å². The first kappa shape index (κ1) is 20.2. The largest absolute Gasteiger partial charge is 0.493 e. The number of aliphatic carboxylic acids is 1. The van der Waals surface area contributed by atoms with Crippen LogP contribution in [0.2, 0.25) is 0 Å². The number of hydrogen-bond donors (Lipinski definition) is 2. The molecule has 8 heteroatoms. The molecule has 0 saturated carbocycles. The van der Waals surface area contributed by atoms with Gasteiger partial charge in [0.05, 0.1) is 25.0 Å². The number of benzene rings is 1. The van der Waals surface area contributed by atoms with Gasteiger partial charge in [-0.1, -0.05) is 13.8 Å². The molecule has 0 bridgehead atoms. The van der Waals surface area contributed by atoms with Gasteiger partial charge in [-0.3, -0.25) is 4.79 Å². The van der Waals surface area contributed by atoms with Crippen molar-refractivity contribution in [3.05, 3.63) is 17.7 Å². The van der Waals surface area contributed by atoms with E-state index in [1.54, 1.807) is 13.0 Å². The molecule has 0 aliphatic rings. The molecular weight excluding hydrogens is 334 g/mol. The second kappa shape index (κ2) is 8.34. The molecule has 1 aromatic carbocycles. The van der Waals surface area contributed by atoms with E-state index < -0.39 is 21.9 Å². The van der Waals surface area contributed by atoms with Crippen LogP contribution in [0, 0.1) is 18.8 Å². The van der Waals surface area contributed by atoms with Crippen LogP contribution in [-0.4, -0.2) is 40.3 Å². The Bertz CT molecular complexity index is 684. The summed E-state index contributed by atoms with van der Waals surface area (Å²) < 4.78 is 37.7. The van der Waals surface area contributed by atoms with Crippen LogP contribution in [0.1, 0.15) is 25.8 Å². The van der Waals surface area contributed by atoms with Crippen LogP contribution in [-0.2, 0) is 14.8 Å². The number of rotatable bonds is 9. The van der Waals surface area contributed by atoms with E-state index in [1.165, 1.54) is 20.3 Å². The van der Waals surface area contributed by atoms with Crippen LogP contribution < -0.4 is 14.2 Å². The van der Waals surface area contributed by atoms with Crippen molar-refractivity contribution in [3.8, 4) is 11.5 Å². The minimum absolute atomic E-state index is 0.0360. The zero-order valence-electron chi connectivity index (χ0n) is 14.6. The van der Waals surface area contributed by atoms with Crippen LogP contribution in [0.3, 0.4) is 0 Å². The Morgan fingerprint density at radius 2 is 1.75 bits per heavy atom. The molecule has 1 rings (SSSR count). The van der Waals surface area contributed by atoms with Crippen molar-refractivity contribution in [3.63, 3.8) is 0 Å². The molecule has 0 heterocycles. The average Bonchev–Trinajstić information content (AvgIpc) is 2.50. The number of sulfonamides is 1. The molecule has 0 radical (unpaired) electrons. The number of carbonyl (C=O) groups is 1. The third-order valence-electron chi connectivity index (χ3n) is 3.60. The van der Waals surface area contributed by atoms with Crippen molar-refractivity contribution in [2.24, 2.45) is 11.8 Å². The molecule has 0 amide bonds. The van der Waals surface area contributed by atoms with Gasteiger partial charge in [-0.25, -0.2) is 13.1 Å². The van der Waals surface area contributed by atoms with Crippen molar-refractivity contribution in [2.75, 3.05) is 20.8 Å². The van der Waals surface area contributed by atoms with Gasteiger partial charge in [-0.15, -0.1) is 0 Å². The Morgan fingerprint density at radius 3 is 2.21 bits per heavy atom. The van der Waals surface area contributed by atoms with Gasteiger partial charge in [0.25, 0.3) is 0 Å². The van der Waals surface area contributed by atoms with Gasteiger partial charge in [0.1, 0.15) is 0 Å². The molecule has 0 aliphatic heterocycles. The minimum Gasteiger partial charge on any atom is -0.493 e. The highest BCUT2D eigenvalue weighted by molar-refractivity contribution is 7.89. The molecule has 0 fully saturated rings. The summed E-state index contributed by atoms with van der Waals surface area (Å²) >= 11 is 0. The Balaban J connectivity index is 3.06. The third-order valence-corrected chi connectivity index (χ3v) is 5.16. The number of carboxylic acids is 1. The Morgan fingerprint density at radius 1 is 1.21 bits per heavy atom. The predicted molar refractivity (Wildman–Crippen MR) is 90.1 cm³/mol. The van der Waals surface area contributed by atoms with E-state index in [-0.39, 0.29) is 17.4 Å². The van der Waals surface area contributed by atoms with E-state index in [0.29, 0.717) is 23.5 Å².